The van der Waals surface area contributed by atoms with Crippen molar-refractivity contribution >= 4 is 0 Å². The maximum atomic E-state index is 8.92. The topological polar surface area (TPSA) is 33.4 Å². The summed E-state index contributed by atoms with van der Waals surface area (Å²) in [5, 5.41) is 8.92. The van der Waals surface area contributed by atoms with E-state index in [9.17, 15) is 0 Å². The van der Waals surface area contributed by atoms with Crippen molar-refractivity contribution in [2.75, 3.05) is 6.61 Å². The molecular weight excluding hydrogens is 128 g/mol. The molecule has 1 aromatic heterocycles. The van der Waals surface area contributed by atoms with E-state index in [0.717, 1.165) is 5.56 Å². The summed E-state index contributed by atoms with van der Waals surface area (Å²) in [5.41, 5.74) is 0.863. The second-order valence-electron chi connectivity index (χ2n) is 3.05. The molecule has 0 bridgehead atoms. The summed E-state index contributed by atoms with van der Waals surface area (Å²) in [6.07, 6.45) is 3.28. The summed E-state index contributed by atoms with van der Waals surface area (Å²) in [5.74, 6) is 0. The Labute approximate surface area is 60.5 Å². The lowest BCUT2D eigenvalue weighted by Crippen LogP contribution is -2.20. The highest BCUT2D eigenvalue weighted by Crippen LogP contribution is 2.21. The predicted octanol–water partition coefficient (Wildman–Crippen LogP) is 1.55. The Morgan fingerprint density at radius 3 is 2.70 bits per heavy atom. The van der Waals surface area contributed by atoms with E-state index in [4.69, 9.17) is 9.52 Å². The molecule has 0 aliphatic carbocycles. The molecule has 0 aromatic carbocycles. The first-order valence-corrected chi connectivity index (χ1v) is 3.30. The Balaban J connectivity index is 2.85. The van der Waals surface area contributed by atoms with Gasteiger partial charge in [0.25, 0.3) is 0 Å². The summed E-state index contributed by atoms with van der Waals surface area (Å²) < 4.78 is 4.89. The van der Waals surface area contributed by atoms with Gasteiger partial charge in [0.2, 0.25) is 0 Å². The van der Waals surface area contributed by atoms with Gasteiger partial charge in [0.15, 0.2) is 0 Å². The minimum atomic E-state index is -0.174. The Morgan fingerprint density at radius 2 is 2.30 bits per heavy atom. The molecule has 1 rings (SSSR count). The van der Waals surface area contributed by atoms with Crippen molar-refractivity contribution in [2.45, 2.75) is 19.3 Å². The molecule has 0 saturated carbocycles. The molecule has 0 aliphatic heterocycles. The van der Waals surface area contributed by atoms with Gasteiger partial charge in [-0.25, -0.2) is 0 Å². The van der Waals surface area contributed by atoms with Gasteiger partial charge in [-0.05, 0) is 11.6 Å². The Morgan fingerprint density at radius 1 is 1.60 bits per heavy atom. The van der Waals surface area contributed by atoms with E-state index in [1.54, 1.807) is 12.5 Å². The molecule has 0 atom stereocenters. The van der Waals surface area contributed by atoms with Crippen molar-refractivity contribution in [2.24, 2.45) is 0 Å². The van der Waals surface area contributed by atoms with Crippen molar-refractivity contribution in [3.8, 4) is 0 Å². The van der Waals surface area contributed by atoms with Crippen molar-refractivity contribution in [3.05, 3.63) is 24.2 Å². The van der Waals surface area contributed by atoms with E-state index in [2.05, 4.69) is 0 Å². The largest absolute Gasteiger partial charge is 0.472 e. The van der Waals surface area contributed by atoms with Crippen molar-refractivity contribution in [1.82, 2.24) is 0 Å². The molecular formula is C8H12O2. The third-order valence-corrected chi connectivity index (χ3v) is 1.70. The number of hydrogen-bond donors (Lipinski definition) is 1. The Bertz CT molecular complexity index is 187. The number of hydrogen-bond acceptors (Lipinski definition) is 2. The predicted molar refractivity (Wildman–Crippen MR) is 38.8 cm³/mol. The third kappa shape index (κ3) is 1.21. The van der Waals surface area contributed by atoms with Crippen molar-refractivity contribution in [3.63, 3.8) is 0 Å². The average Bonchev–Trinajstić information content (AvgIpc) is 2.38. The normalized spacial score (nSPS) is 11.9. The van der Waals surface area contributed by atoms with Gasteiger partial charge in [0, 0.05) is 5.41 Å². The molecule has 2 heteroatoms. The first-order valence-electron chi connectivity index (χ1n) is 3.30. The zero-order chi connectivity index (χ0) is 7.61. The lowest BCUT2D eigenvalue weighted by Gasteiger charge is -2.18. The van der Waals surface area contributed by atoms with Crippen LogP contribution in [0.2, 0.25) is 0 Å². The summed E-state index contributed by atoms with van der Waals surface area (Å²) in [6.45, 7) is 4.09. The number of rotatable bonds is 2. The van der Waals surface area contributed by atoms with E-state index >= 15 is 0 Å². The second-order valence-corrected chi connectivity index (χ2v) is 3.05. The van der Waals surface area contributed by atoms with Gasteiger partial charge in [-0.15, -0.1) is 0 Å². The molecule has 1 heterocycles. The molecule has 0 amide bonds. The molecule has 0 saturated heterocycles. The Kier molecular flexibility index (Phi) is 1.81. The average molecular weight is 140 g/mol. The summed E-state index contributed by atoms with van der Waals surface area (Å²) in [7, 11) is 0. The van der Waals surface area contributed by atoms with Crippen LogP contribution < -0.4 is 0 Å². The Hall–Kier alpha value is -0.760. The molecule has 0 radical (unpaired) electrons. The standard InChI is InChI=1S/C8H12O2/c1-8(2,6-9)7-3-4-10-5-7/h3-5,9H,6H2,1-2H3. The van der Waals surface area contributed by atoms with Crippen molar-refractivity contribution in [1.29, 1.82) is 0 Å². The van der Waals surface area contributed by atoms with Crippen LogP contribution >= 0.6 is 0 Å². The van der Waals surface area contributed by atoms with Crippen molar-refractivity contribution < 1.29 is 9.52 Å². The summed E-state index contributed by atoms with van der Waals surface area (Å²) >= 11 is 0. The van der Waals surface area contributed by atoms with E-state index in [0.29, 0.717) is 0 Å². The summed E-state index contributed by atoms with van der Waals surface area (Å²) in [6, 6.07) is 1.87. The smallest absolute Gasteiger partial charge is 0.0940 e. The van der Waals surface area contributed by atoms with Gasteiger partial charge in [0.1, 0.15) is 0 Å². The van der Waals surface area contributed by atoms with Gasteiger partial charge in [-0.3, -0.25) is 0 Å². The molecule has 10 heavy (non-hydrogen) atoms. The minimum absolute atomic E-state index is 0.145. The van der Waals surface area contributed by atoms with Gasteiger partial charge in [0.05, 0.1) is 19.1 Å². The monoisotopic (exact) mass is 140 g/mol. The molecule has 56 valence electrons. The van der Waals surface area contributed by atoms with E-state index in [-0.39, 0.29) is 12.0 Å². The van der Waals surface area contributed by atoms with Crippen LogP contribution in [0, 0.1) is 0 Å². The van der Waals surface area contributed by atoms with E-state index < -0.39 is 0 Å². The van der Waals surface area contributed by atoms with Crippen LogP contribution in [0.15, 0.2) is 23.0 Å². The molecule has 0 aliphatic rings. The SMILES string of the molecule is CC(C)(CO)c1ccoc1. The summed E-state index contributed by atoms with van der Waals surface area (Å²) in [4.78, 5) is 0. The lowest BCUT2D eigenvalue weighted by atomic mass is 9.88. The van der Waals surface area contributed by atoms with E-state index in [1.807, 2.05) is 19.9 Å². The minimum Gasteiger partial charge on any atom is -0.472 e. The quantitative estimate of drug-likeness (QED) is 0.676. The third-order valence-electron chi connectivity index (χ3n) is 1.70. The molecule has 1 N–H and O–H groups in total. The molecule has 0 fully saturated rings. The maximum absolute atomic E-state index is 8.92. The van der Waals surface area contributed by atoms with Gasteiger partial charge < -0.3 is 9.52 Å². The first-order chi connectivity index (χ1) is 4.67. The highest BCUT2D eigenvalue weighted by atomic mass is 16.3. The van der Waals surface area contributed by atoms with Gasteiger partial charge >= 0.3 is 0 Å². The van der Waals surface area contributed by atoms with Crippen LogP contribution in [-0.2, 0) is 5.41 Å². The molecule has 1 aromatic rings. The van der Waals surface area contributed by atoms with Crippen LogP contribution in [0.4, 0.5) is 0 Å². The number of furan rings is 1. The second kappa shape index (κ2) is 2.46. The fourth-order valence-corrected chi connectivity index (χ4v) is 0.741. The maximum Gasteiger partial charge on any atom is 0.0940 e. The first kappa shape index (κ1) is 7.35. The number of aliphatic hydroxyl groups excluding tert-OH is 1. The molecule has 0 unspecified atom stereocenters. The fourth-order valence-electron chi connectivity index (χ4n) is 0.741. The van der Waals surface area contributed by atoms with Crippen LogP contribution in [0.25, 0.3) is 0 Å². The number of aliphatic hydroxyl groups is 1. The van der Waals surface area contributed by atoms with E-state index in [1.165, 1.54) is 0 Å². The van der Waals surface area contributed by atoms with Crippen LogP contribution in [-0.4, -0.2) is 11.7 Å². The molecule has 2 nitrogen and oxygen atoms in total. The molecule has 0 spiro atoms. The highest BCUT2D eigenvalue weighted by molar-refractivity contribution is 5.17. The van der Waals surface area contributed by atoms with Crippen LogP contribution in [0.1, 0.15) is 19.4 Å². The highest BCUT2D eigenvalue weighted by Gasteiger charge is 2.19. The fraction of sp³-hybridized carbons (Fsp3) is 0.500. The zero-order valence-corrected chi connectivity index (χ0v) is 6.29. The van der Waals surface area contributed by atoms with Gasteiger partial charge in [-0.2, -0.15) is 0 Å². The zero-order valence-electron chi connectivity index (χ0n) is 6.29. The van der Waals surface area contributed by atoms with Crippen LogP contribution in [0.5, 0.6) is 0 Å². The lowest BCUT2D eigenvalue weighted by molar-refractivity contribution is 0.218. The van der Waals surface area contributed by atoms with Crippen LogP contribution in [0.3, 0.4) is 0 Å². The van der Waals surface area contributed by atoms with Gasteiger partial charge in [-0.1, -0.05) is 13.8 Å².